The highest BCUT2D eigenvalue weighted by Crippen LogP contribution is 2.23. The minimum absolute atomic E-state index is 0.0678. The second-order valence-electron chi connectivity index (χ2n) is 7.50. The van der Waals surface area contributed by atoms with Crippen molar-refractivity contribution < 1.29 is 27.2 Å². The number of sulfonamides is 1. The monoisotopic (exact) mass is 485 g/mol. The van der Waals surface area contributed by atoms with E-state index in [0.29, 0.717) is 28.4 Å². The number of methoxy groups -OCH3 is 1. The standard InChI is InChI=1S/C24H27N3O6S/c1-32-19-9-5-8-18(16-19)27(34(2,30)31)14-6-13-23(28)26-22-12-4-3-11-21(22)24(29)25-17-20-10-7-15-33-20/h3-5,7-12,15-16H,6,13-14,17H2,1-2H3,(H,25,29)(H,26,28). The Hall–Kier alpha value is -3.79. The van der Waals surface area contributed by atoms with Gasteiger partial charge in [-0.3, -0.25) is 13.9 Å². The number of amides is 2. The van der Waals surface area contributed by atoms with Crippen molar-refractivity contribution in [2.24, 2.45) is 0 Å². The molecular weight excluding hydrogens is 458 g/mol. The van der Waals surface area contributed by atoms with Crippen LogP contribution in [0.4, 0.5) is 11.4 Å². The molecule has 1 aromatic heterocycles. The number of ether oxygens (including phenoxy) is 1. The molecule has 0 saturated heterocycles. The first kappa shape index (κ1) is 24.8. The topological polar surface area (TPSA) is 118 Å². The first-order valence-electron chi connectivity index (χ1n) is 10.6. The maximum Gasteiger partial charge on any atom is 0.253 e. The number of carbonyl (C=O) groups excluding carboxylic acids is 2. The Labute approximate surface area is 198 Å². The van der Waals surface area contributed by atoms with E-state index in [4.69, 9.17) is 9.15 Å². The van der Waals surface area contributed by atoms with Crippen LogP contribution in [0, 0.1) is 0 Å². The van der Waals surface area contributed by atoms with Gasteiger partial charge in [-0.2, -0.15) is 0 Å². The molecule has 2 aromatic carbocycles. The van der Waals surface area contributed by atoms with E-state index in [2.05, 4.69) is 10.6 Å². The first-order chi connectivity index (χ1) is 16.3. The van der Waals surface area contributed by atoms with E-state index in [1.807, 2.05) is 0 Å². The lowest BCUT2D eigenvalue weighted by Crippen LogP contribution is -2.31. The Morgan fingerprint density at radius 2 is 1.85 bits per heavy atom. The van der Waals surface area contributed by atoms with E-state index in [1.54, 1.807) is 60.7 Å². The summed E-state index contributed by atoms with van der Waals surface area (Å²) in [4.78, 5) is 25.1. The molecule has 1 heterocycles. The number of nitrogens with zero attached hydrogens (tertiary/aromatic N) is 1. The summed E-state index contributed by atoms with van der Waals surface area (Å²) in [5.74, 6) is 0.464. The SMILES string of the molecule is COc1cccc(N(CCCC(=O)Nc2ccccc2C(=O)NCc2ccco2)S(C)(=O)=O)c1. The van der Waals surface area contributed by atoms with Crippen LogP contribution in [0.2, 0.25) is 0 Å². The molecule has 0 unspecified atom stereocenters. The van der Waals surface area contributed by atoms with Gasteiger partial charge in [0, 0.05) is 19.0 Å². The summed E-state index contributed by atoms with van der Waals surface area (Å²) in [5, 5.41) is 5.49. The zero-order chi connectivity index (χ0) is 24.6. The number of hydrogen-bond acceptors (Lipinski definition) is 6. The van der Waals surface area contributed by atoms with Crippen molar-refractivity contribution in [1.82, 2.24) is 5.32 Å². The molecule has 3 rings (SSSR count). The molecule has 2 amide bonds. The Kier molecular flexibility index (Phi) is 8.31. The van der Waals surface area contributed by atoms with Crippen LogP contribution in [-0.4, -0.2) is 40.1 Å². The predicted octanol–water partition coefficient (Wildman–Crippen LogP) is 3.40. The van der Waals surface area contributed by atoms with E-state index >= 15 is 0 Å². The van der Waals surface area contributed by atoms with Crippen LogP contribution in [0.3, 0.4) is 0 Å². The van der Waals surface area contributed by atoms with Crippen LogP contribution in [0.25, 0.3) is 0 Å². The van der Waals surface area contributed by atoms with E-state index in [0.717, 1.165) is 6.26 Å². The van der Waals surface area contributed by atoms with Crippen LogP contribution in [0.15, 0.2) is 71.3 Å². The average molecular weight is 486 g/mol. The van der Waals surface area contributed by atoms with Gasteiger partial charge in [0.05, 0.1) is 43.1 Å². The molecular formula is C24H27N3O6S. The van der Waals surface area contributed by atoms with Gasteiger partial charge in [-0.05, 0) is 42.8 Å². The number of rotatable bonds is 11. The molecule has 3 aromatic rings. The van der Waals surface area contributed by atoms with Crippen LogP contribution in [-0.2, 0) is 21.4 Å². The quantitative estimate of drug-likeness (QED) is 0.430. The third-order valence-corrected chi connectivity index (χ3v) is 6.15. The van der Waals surface area contributed by atoms with Gasteiger partial charge in [0.25, 0.3) is 5.91 Å². The number of anilines is 2. The van der Waals surface area contributed by atoms with Crippen molar-refractivity contribution in [3.8, 4) is 5.75 Å². The summed E-state index contributed by atoms with van der Waals surface area (Å²) >= 11 is 0. The summed E-state index contributed by atoms with van der Waals surface area (Å²) in [6.45, 7) is 0.338. The number of furan rings is 1. The van der Waals surface area contributed by atoms with Crippen molar-refractivity contribution in [1.29, 1.82) is 0 Å². The normalized spacial score (nSPS) is 11.0. The maximum absolute atomic E-state index is 12.6. The van der Waals surface area contributed by atoms with Crippen LogP contribution in [0.1, 0.15) is 29.0 Å². The van der Waals surface area contributed by atoms with Gasteiger partial charge in [0.2, 0.25) is 15.9 Å². The second kappa shape index (κ2) is 11.4. The third-order valence-electron chi connectivity index (χ3n) is 4.96. The zero-order valence-corrected chi connectivity index (χ0v) is 19.8. The molecule has 10 heteroatoms. The van der Waals surface area contributed by atoms with Gasteiger partial charge in [-0.25, -0.2) is 8.42 Å². The molecule has 0 fully saturated rings. The lowest BCUT2D eigenvalue weighted by molar-refractivity contribution is -0.116. The number of hydrogen-bond donors (Lipinski definition) is 2. The highest BCUT2D eigenvalue weighted by atomic mass is 32.2. The molecule has 0 aliphatic heterocycles. The molecule has 0 spiro atoms. The predicted molar refractivity (Wildman–Crippen MR) is 129 cm³/mol. The second-order valence-corrected chi connectivity index (χ2v) is 9.40. The molecule has 180 valence electrons. The fourth-order valence-electron chi connectivity index (χ4n) is 3.31. The van der Waals surface area contributed by atoms with Crippen LogP contribution >= 0.6 is 0 Å². The third kappa shape index (κ3) is 6.85. The van der Waals surface area contributed by atoms with Crippen LogP contribution in [0.5, 0.6) is 5.75 Å². The van der Waals surface area contributed by atoms with E-state index < -0.39 is 10.0 Å². The largest absolute Gasteiger partial charge is 0.497 e. The maximum atomic E-state index is 12.6. The molecule has 9 nitrogen and oxygen atoms in total. The smallest absolute Gasteiger partial charge is 0.253 e. The van der Waals surface area contributed by atoms with Crippen molar-refractivity contribution in [2.75, 3.05) is 29.5 Å². The lowest BCUT2D eigenvalue weighted by Gasteiger charge is -2.22. The van der Waals surface area contributed by atoms with Gasteiger partial charge in [-0.1, -0.05) is 18.2 Å². The fourth-order valence-corrected chi connectivity index (χ4v) is 4.27. The molecule has 0 radical (unpaired) electrons. The number of carbonyl (C=O) groups is 2. The Bertz CT molecular complexity index is 1230. The van der Waals surface area contributed by atoms with E-state index in [1.165, 1.54) is 17.7 Å². The summed E-state index contributed by atoms with van der Waals surface area (Å²) in [5.41, 5.74) is 1.15. The molecule has 0 aliphatic carbocycles. The van der Waals surface area contributed by atoms with E-state index in [9.17, 15) is 18.0 Å². The summed E-state index contributed by atoms with van der Waals surface area (Å²) < 4.78 is 36.2. The van der Waals surface area contributed by atoms with Crippen molar-refractivity contribution in [2.45, 2.75) is 19.4 Å². The minimum Gasteiger partial charge on any atom is -0.497 e. The fraction of sp³-hybridized carbons (Fsp3) is 0.250. The van der Waals surface area contributed by atoms with Gasteiger partial charge in [-0.15, -0.1) is 0 Å². The molecule has 2 N–H and O–H groups in total. The van der Waals surface area contributed by atoms with Crippen molar-refractivity contribution in [3.05, 3.63) is 78.3 Å². The highest BCUT2D eigenvalue weighted by molar-refractivity contribution is 7.92. The average Bonchev–Trinajstić information content (AvgIpc) is 3.33. The van der Waals surface area contributed by atoms with Gasteiger partial charge in [0.15, 0.2) is 0 Å². The number of para-hydroxylation sites is 1. The highest BCUT2D eigenvalue weighted by Gasteiger charge is 2.19. The summed E-state index contributed by atoms with van der Waals surface area (Å²) in [6, 6.07) is 16.9. The van der Waals surface area contributed by atoms with Gasteiger partial charge in [0.1, 0.15) is 11.5 Å². The first-order valence-corrected chi connectivity index (χ1v) is 12.4. The summed E-state index contributed by atoms with van der Waals surface area (Å²) in [7, 11) is -2.05. The molecule has 0 saturated carbocycles. The van der Waals surface area contributed by atoms with Gasteiger partial charge < -0.3 is 19.8 Å². The Balaban J connectivity index is 1.59. The lowest BCUT2D eigenvalue weighted by atomic mass is 10.1. The Morgan fingerprint density at radius 1 is 1.06 bits per heavy atom. The van der Waals surface area contributed by atoms with Crippen LogP contribution < -0.4 is 19.7 Å². The number of nitrogens with one attached hydrogen (secondary N) is 2. The Morgan fingerprint density at radius 3 is 2.56 bits per heavy atom. The molecule has 0 bridgehead atoms. The van der Waals surface area contributed by atoms with Crippen molar-refractivity contribution in [3.63, 3.8) is 0 Å². The van der Waals surface area contributed by atoms with Gasteiger partial charge >= 0.3 is 0 Å². The summed E-state index contributed by atoms with van der Waals surface area (Å²) in [6.07, 6.45) is 2.99. The van der Waals surface area contributed by atoms with E-state index in [-0.39, 0.29) is 37.7 Å². The molecule has 0 atom stereocenters. The van der Waals surface area contributed by atoms with Crippen molar-refractivity contribution >= 4 is 33.2 Å². The molecule has 34 heavy (non-hydrogen) atoms. The minimum atomic E-state index is -3.56. The zero-order valence-electron chi connectivity index (χ0n) is 19.0. The molecule has 0 aliphatic rings. The number of benzene rings is 2.